The van der Waals surface area contributed by atoms with E-state index in [1.54, 1.807) is 7.11 Å². The summed E-state index contributed by atoms with van der Waals surface area (Å²) in [5.41, 5.74) is 3.59. The molecule has 1 rings (SSSR count). The average Bonchev–Trinajstić information content (AvgIpc) is 2.26. The van der Waals surface area contributed by atoms with Crippen molar-refractivity contribution in [3.8, 4) is 0 Å². The lowest BCUT2D eigenvalue weighted by atomic mass is 10.4. The van der Waals surface area contributed by atoms with Crippen LogP contribution in [-0.2, 0) is 11.4 Å². The molecule has 62 valence electrons. The van der Waals surface area contributed by atoms with E-state index in [2.05, 4.69) is 15.3 Å². The van der Waals surface area contributed by atoms with Gasteiger partial charge in [0.05, 0.1) is 19.3 Å². The van der Waals surface area contributed by atoms with E-state index in [-0.39, 0.29) is 0 Å². The lowest BCUT2D eigenvalue weighted by Gasteiger charge is -1.96. The van der Waals surface area contributed by atoms with Crippen molar-refractivity contribution < 1.29 is 9.25 Å². The molecule has 0 aliphatic rings. The number of hydrogen-bond acceptors (Lipinski definition) is 4. The van der Waals surface area contributed by atoms with Crippen molar-refractivity contribution in [2.75, 3.05) is 7.11 Å². The predicted molar refractivity (Wildman–Crippen MR) is 39.8 cm³/mol. The van der Waals surface area contributed by atoms with Gasteiger partial charge in [0.2, 0.25) is 0 Å². The first-order valence-electron chi connectivity index (χ1n) is 3.42. The maximum atomic E-state index is 5.20. The number of aryl methyl sites for hydroxylation is 2. The van der Waals surface area contributed by atoms with E-state index in [4.69, 9.17) is 4.42 Å². The van der Waals surface area contributed by atoms with Gasteiger partial charge in [-0.15, -0.1) is 0 Å². The zero-order chi connectivity index (χ0) is 8.27. The van der Waals surface area contributed by atoms with Crippen LogP contribution >= 0.6 is 0 Å². The quantitative estimate of drug-likeness (QED) is 0.662. The van der Waals surface area contributed by atoms with Gasteiger partial charge in [0.15, 0.2) is 5.89 Å². The number of nitrogens with zero attached hydrogens (tertiary/aromatic N) is 1. The third-order valence-corrected chi connectivity index (χ3v) is 1.38. The Balaban J connectivity index is 2.62. The Bertz CT molecular complexity index is 232. The minimum Gasteiger partial charge on any atom is -0.446 e. The molecule has 0 saturated heterocycles. The van der Waals surface area contributed by atoms with Crippen molar-refractivity contribution in [1.29, 1.82) is 0 Å². The summed E-state index contributed by atoms with van der Waals surface area (Å²) in [5.74, 6) is 1.53. The minimum absolute atomic E-state index is 0.583. The van der Waals surface area contributed by atoms with Crippen molar-refractivity contribution in [2.24, 2.45) is 0 Å². The molecule has 0 atom stereocenters. The van der Waals surface area contributed by atoms with E-state index < -0.39 is 0 Å². The monoisotopic (exact) mass is 156 g/mol. The number of hydroxylamine groups is 1. The normalized spacial score (nSPS) is 10.5. The molecule has 0 amide bonds. The predicted octanol–water partition coefficient (Wildman–Crippen LogP) is 0.942. The van der Waals surface area contributed by atoms with Gasteiger partial charge in [0.1, 0.15) is 5.76 Å². The highest BCUT2D eigenvalue weighted by Crippen LogP contribution is 2.07. The second-order valence-corrected chi connectivity index (χ2v) is 2.26. The molecule has 0 aromatic carbocycles. The van der Waals surface area contributed by atoms with Gasteiger partial charge in [-0.1, -0.05) is 0 Å². The van der Waals surface area contributed by atoms with E-state index in [1.165, 1.54) is 0 Å². The summed E-state index contributed by atoms with van der Waals surface area (Å²) < 4.78 is 5.20. The van der Waals surface area contributed by atoms with Crippen LogP contribution in [0.5, 0.6) is 0 Å². The summed E-state index contributed by atoms with van der Waals surface area (Å²) in [6.07, 6.45) is 0. The molecule has 0 aliphatic carbocycles. The zero-order valence-corrected chi connectivity index (χ0v) is 6.97. The Kier molecular flexibility index (Phi) is 2.62. The molecular formula is C7H12N2O2. The molecule has 1 aromatic rings. The van der Waals surface area contributed by atoms with Crippen LogP contribution in [0, 0.1) is 13.8 Å². The van der Waals surface area contributed by atoms with E-state index in [0.29, 0.717) is 12.4 Å². The first-order chi connectivity index (χ1) is 5.24. The van der Waals surface area contributed by atoms with E-state index in [1.807, 2.05) is 13.8 Å². The lowest BCUT2D eigenvalue weighted by Crippen LogP contribution is -2.11. The molecule has 1 aromatic heterocycles. The van der Waals surface area contributed by atoms with Gasteiger partial charge in [-0.3, -0.25) is 0 Å². The molecule has 0 spiro atoms. The molecule has 0 fully saturated rings. The summed E-state index contributed by atoms with van der Waals surface area (Å²) >= 11 is 0. The summed E-state index contributed by atoms with van der Waals surface area (Å²) in [5, 5.41) is 0. The largest absolute Gasteiger partial charge is 0.446 e. The third kappa shape index (κ3) is 2.03. The van der Waals surface area contributed by atoms with Crippen molar-refractivity contribution in [3.63, 3.8) is 0 Å². The van der Waals surface area contributed by atoms with Crippen LogP contribution in [0.2, 0.25) is 0 Å². The van der Waals surface area contributed by atoms with Crippen molar-refractivity contribution in [1.82, 2.24) is 10.5 Å². The van der Waals surface area contributed by atoms with Crippen LogP contribution < -0.4 is 5.48 Å². The average molecular weight is 156 g/mol. The Morgan fingerprint density at radius 3 is 2.73 bits per heavy atom. The molecule has 4 heteroatoms. The molecule has 0 aliphatic heterocycles. The Morgan fingerprint density at radius 2 is 2.27 bits per heavy atom. The molecule has 1 N–H and O–H groups in total. The summed E-state index contributed by atoms with van der Waals surface area (Å²) in [6.45, 7) is 4.29. The van der Waals surface area contributed by atoms with Crippen molar-refractivity contribution in [2.45, 2.75) is 20.4 Å². The van der Waals surface area contributed by atoms with Crippen LogP contribution in [-0.4, -0.2) is 12.1 Å². The highest BCUT2D eigenvalue weighted by atomic mass is 16.6. The molecule has 0 radical (unpaired) electrons. The second-order valence-electron chi connectivity index (χ2n) is 2.26. The van der Waals surface area contributed by atoms with E-state index in [9.17, 15) is 0 Å². The van der Waals surface area contributed by atoms with Gasteiger partial charge in [0.25, 0.3) is 0 Å². The minimum atomic E-state index is 0.583. The van der Waals surface area contributed by atoms with Crippen LogP contribution in [0.1, 0.15) is 17.3 Å². The zero-order valence-electron chi connectivity index (χ0n) is 6.97. The van der Waals surface area contributed by atoms with Gasteiger partial charge >= 0.3 is 0 Å². The number of rotatable bonds is 3. The number of aromatic nitrogens is 1. The summed E-state index contributed by atoms with van der Waals surface area (Å²) in [4.78, 5) is 8.82. The van der Waals surface area contributed by atoms with Gasteiger partial charge in [-0.25, -0.2) is 4.98 Å². The molecule has 0 bridgehead atoms. The van der Waals surface area contributed by atoms with Crippen molar-refractivity contribution in [3.05, 3.63) is 17.3 Å². The second kappa shape index (κ2) is 3.50. The number of oxazole rings is 1. The Morgan fingerprint density at radius 1 is 1.55 bits per heavy atom. The van der Waals surface area contributed by atoms with E-state index >= 15 is 0 Å². The third-order valence-electron chi connectivity index (χ3n) is 1.38. The smallest absolute Gasteiger partial charge is 0.191 e. The SMILES string of the molecule is CONCc1nc(C)oc1C. The highest BCUT2D eigenvalue weighted by Gasteiger charge is 2.04. The molecular weight excluding hydrogens is 144 g/mol. The topological polar surface area (TPSA) is 47.3 Å². The molecule has 1 heterocycles. The van der Waals surface area contributed by atoms with Crippen LogP contribution in [0.15, 0.2) is 4.42 Å². The fraction of sp³-hybridized carbons (Fsp3) is 0.571. The molecule has 11 heavy (non-hydrogen) atoms. The van der Waals surface area contributed by atoms with E-state index in [0.717, 1.165) is 11.5 Å². The first kappa shape index (κ1) is 8.23. The Hall–Kier alpha value is -0.870. The summed E-state index contributed by atoms with van der Waals surface area (Å²) in [7, 11) is 1.57. The fourth-order valence-corrected chi connectivity index (χ4v) is 0.877. The van der Waals surface area contributed by atoms with Crippen LogP contribution in [0.25, 0.3) is 0 Å². The van der Waals surface area contributed by atoms with Gasteiger partial charge in [-0.05, 0) is 6.92 Å². The highest BCUT2D eigenvalue weighted by molar-refractivity contribution is 5.06. The summed E-state index contributed by atoms with van der Waals surface area (Å²) in [6, 6.07) is 0. The maximum Gasteiger partial charge on any atom is 0.191 e. The number of hydrogen-bond donors (Lipinski definition) is 1. The van der Waals surface area contributed by atoms with Gasteiger partial charge in [-0.2, -0.15) is 5.48 Å². The molecule has 4 nitrogen and oxygen atoms in total. The van der Waals surface area contributed by atoms with Crippen LogP contribution in [0.4, 0.5) is 0 Å². The van der Waals surface area contributed by atoms with Gasteiger partial charge < -0.3 is 9.25 Å². The molecule has 0 saturated carbocycles. The Labute approximate surface area is 65.5 Å². The van der Waals surface area contributed by atoms with Crippen LogP contribution in [0.3, 0.4) is 0 Å². The fourth-order valence-electron chi connectivity index (χ4n) is 0.877. The van der Waals surface area contributed by atoms with Gasteiger partial charge in [0, 0.05) is 6.92 Å². The standard InChI is InChI=1S/C7H12N2O2/c1-5-7(4-8-10-3)9-6(2)11-5/h8H,4H2,1-3H3. The first-order valence-corrected chi connectivity index (χ1v) is 3.42. The van der Waals surface area contributed by atoms with Crippen molar-refractivity contribution >= 4 is 0 Å². The number of nitrogens with one attached hydrogen (secondary N) is 1. The molecule has 0 unspecified atom stereocenters. The maximum absolute atomic E-state index is 5.20. The lowest BCUT2D eigenvalue weighted by molar-refractivity contribution is 0.0856.